The van der Waals surface area contributed by atoms with Gasteiger partial charge < -0.3 is 9.73 Å². The lowest BCUT2D eigenvalue weighted by Gasteiger charge is -2.23. The SMILES string of the molecule is c1ccc(C2=NC(c3ccccc3)NC(c3ccc4c(c3)oc3ccc(-c5ccccc5-c5ccccc5)cc34)=N2)cc1. The van der Waals surface area contributed by atoms with Crippen LogP contribution in [0.4, 0.5) is 0 Å². The van der Waals surface area contributed by atoms with Gasteiger partial charge in [0.1, 0.15) is 23.2 Å². The number of fused-ring (bicyclic) bond motifs is 3. The summed E-state index contributed by atoms with van der Waals surface area (Å²) in [5.74, 6) is 1.47. The third-order valence-corrected chi connectivity index (χ3v) is 7.96. The Morgan fingerprint density at radius 1 is 0.488 bits per heavy atom. The van der Waals surface area contributed by atoms with E-state index >= 15 is 0 Å². The molecule has 4 heteroatoms. The molecule has 0 saturated heterocycles. The molecule has 0 aliphatic carbocycles. The summed E-state index contributed by atoms with van der Waals surface area (Å²) in [5, 5.41) is 5.72. The number of nitrogens with zero attached hydrogens (tertiary/aromatic N) is 2. The molecule has 1 N–H and O–H groups in total. The van der Waals surface area contributed by atoms with Gasteiger partial charge in [-0.15, -0.1) is 0 Å². The van der Waals surface area contributed by atoms with Gasteiger partial charge in [-0.05, 0) is 52.1 Å². The van der Waals surface area contributed by atoms with Gasteiger partial charge in [0, 0.05) is 21.9 Å². The lowest BCUT2D eigenvalue weighted by Crippen LogP contribution is -2.33. The molecule has 2 heterocycles. The Morgan fingerprint density at radius 2 is 1.12 bits per heavy atom. The fourth-order valence-corrected chi connectivity index (χ4v) is 5.81. The van der Waals surface area contributed by atoms with Crippen molar-refractivity contribution in [2.45, 2.75) is 6.17 Å². The molecule has 1 unspecified atom stereocenters. The minimum absolute atomic E-state index is 0.248. The number of hydrogen-bond acceptors (Lipinski definition) is 4. The van der Waals surface area contributed by atoms with Crippen molar-refractivity contribution >= 4 is 33.6 Å². The first-order chi connectivity index (χ1) is 21.3. The molecular formula is C39H27N3O. The Morgan fingerprint density at radius 3 is 1.86 bits per heavy atom. The van der Waals surface area contributed by atoms with E-state index in [9.17, 15) is 0 Å². The molecule has 0 radical (unpaired) electrons. The normalized spacial score (nSPS) is 14.7. The first-order valence-corrected chi connectivity index (χ1v) is 14.5. The van der Waals surface area contributed by atoms with Crippen molar-refractivity contribution in [3.05, 3.63) is 168 Å². The minimum atomic E-state index is -0.248. The Bertz CT molecular complexity index is 2150. The summed E-state index contributed by atoms with van der Waals surface area (Å²) in [6.45, 7) is 0. The fraction of sp³-hybridized carbons (Fsp3) is 0.0256. The lowest BCUT2D eigenvalue weighted by atomic mass is 9.94. The second-order valence-electron chi connectivity index (χ2n) is 10.7. The van der Waals surface area contributed by atoms with Crippen molar-refractivity contribution in [1.82, 2.24) is 5.32 Å². The van der Waals surface area contributed by atoms with E-state index < -0.39 is 0 Å². The van der Waals surface area contributed by atoms with Crippen LogP contribution in [0.25, 0.3) is 44.2 Å². The number of benzene rings is 6. The number of amidine groups is 2. The van der Waals surface area contributed by atoms with Crippen LogP contribution in [-0.4, -0.2) is 11.7 Å². The van der Waals surface area contributed by atoms with Crippen LogP contribution < -0.4 is 5.32 Å². The zero-order chi connectivity index (χ0) is 28.6. The lowest BCUT2D eigenvalue weighted by molar-refractivity contribution is 0.666. The van der Waals surface area contributed by atoms with Crippen LogP contribution in [0.3, 0.4) is 0 Å². The topological polar surface area (TPSA) is 49.9 Å². The number of aliphatic imine (C=N–C) groups is 2. The highest BCUT2D eigenvalue weighted by molar-refractivity contribution is 6.15. The van der Waals surface area contributed by atoms with E-state index in [2.05, 4.69) is 108 Å². The van der Waals surface area contributed by atoms with Crippen molar-refractivity contribution in [2.75, 3.05) is 0 Å². The summed E-state index contributed by atoms with van der Waals surface area (Å²) >= 11 is 0. The van der Waals surface area contributed by atoms with Crippen molar-refractivity contribution in [3.8, 4) is 22.3 Å². The summed E-state index contributed by atoms with van der Waals surface area (Å²) in [5.41, 5.74) is 9.47. The maximum Gasteiger partial charge on any atom is 0.159 e. The van der Waals surface area contributed by atoms with Gasteiger partial charge in [-0.25, -0.2) is 9.98 Å². The van der Waals surface area contributed by atoms with Gasteiger partial charge in [-0.3, -0.25) is 0 Å². The first-order valence-electron chi connectivity index (χ1n) is 14.5. The van der Waals surface area contributed by atoms with Crippen LogP contribution in [-0.2, 0) is 0 Å². The highest BCUT2D eigenvalue weighted by Gasteiger charge is 2.22. The number of nitrogens with one attached hydrogen (secondary N) is 1. The molecule has 1 aromatic heterocycles. The minimum Gasteiger partial charge on any atom is -0.456 e. The van der Waals surface area contributed by atoms with Gasteiger partial charge in [0.25, 0.3) is 0 Å². The molecule has 0 amide bonds. The third kappa shape index (κ3) is 4.69. The first kappa shape index (κ1) is 25.0. The van der Waals surface area contributed by atoms with Gasteiger partial charge >= 0.3 is 0 Å². The highest BCUT2D eigenvalue weighted by atomic mass is 16.3. The van der Waals surface area contributed by atoms with Gasteiger partial charge in [-0.2, -0.15) is 0 Å². The Balaban J connectivity index is 1.20. The van der Waals surface area contributed by atoms with E-state index in [1.54, 1.807) is 0 Å². The van der Waals surface area contributed by atoms with E-state index in [-0.39, 0.29) is 6.17 Å². The van der Waals surface area contributed by atoms with E-state index in [1.807, 2.05) is 48.5 Å². The second kappa shape index (κ2) is 10.6. The van der Waals surface area contributed by atoms with Crippen LogP contribution in [0, 0.1) is 0 Å². The number of furan rings is 1. The second-order valence-corrected chi connectivity index (χ2v) is 10.7. The van der Waals surface area contributed by atoms with Gasteiger partial charge in [0.05, 0.1) is 0 Å². The molecule has 0 saturated carbocycles. The smallest absolute Gasteiger partial charge is 0.159 e. The average molecular weight is 554 g/mol. The highest BCUT2D eigenvalue weighted by Crippen LogP contribution is 2.37. The number of hydrogen-bond donors (Lipinski definition) is 1. The van der Waals surface area contributed by atoms with Crippen LogP contribution in [0.5, 0.6) is 0 Å². The maximum atomic E-state index is 6.40. The van der Waals surface area contributed by atoms with Crippen molar-refractivity contribution < 1.29 is 4.42 Å². The quantitative estimate of drug-likeness (QED) is 0.231. The fourth-order valence-electron chi connectivity index (χ4n) is 5.81. The summed E-state index contributed by atoms with van der Waals surface area (Å²) in [6, 6.07) is 52.3. The van der Waals surface area contributed by atoms with E-state index in [0.29, 0.717) is 5.84 Å². The molecule has 43 heavy (non-hydrogen) atoms. The van der Waals surface area contributed by atoms with Gasteiger partial charge in [-0.1, -0.05) is 127 Å². The van der Waals surface area contributed by atoms with Crippen LogP contribution in [0.1, 0.15) is 22.9 Å². The van der Waals surface area contributed by atoms with Crippen LogP contribution in [0.2, 0.25) is 0 Å². The maximum absolute atomic E-state index is 6.40. The predicted octanol–water partition coefficient (Wildman–Crippen LogP) is 9.42. The summed E-state index contributed by atoms with van der Waals surface area (Å²) in [6.07, 6.45) is -0.248. The van der Waals surface area contributed by atoms with Crippen molar-refractivity contribution in [3.63, 3.8) is 0 Å². The molecule has 1 aliphatic rings. The zero-order valence-electron chi connectivity index (χ0n) is 23.3. The van der Waals surface area contributed by atoms with Crippen molar-refractivity contribution in [2.24, 2.45) is 9.98 Å². The van der Waals surface area contributed by atoms with Crippen LogP contribution in [0.15, 0.2) is 166 Å². The molecule has 1 aliphatic heterocycles. The molecule has 0 bridgehead atoms. The summed E-state index contributed by atoms with van der Waals surface area (Å²) in [7, 11) is 0. The molecule has 4 nitrogen and oxygen atoms in total. The molecular weight excluding hydrogens is 526 g/mol. The molecule has 204 valence electrons. The van der Waals surface area contributed by atoms with Crippen LogP contribution >= 0.6 is 0 Å². The summed E-state index contributed by atoms with van der Waals surface area (Å²) < 4.78 is 6.40. The molecule has 0 fully saturated rings. The standard InChI is InChI=1S/C39H27N3O/c1-4-12-26(13-5-1)31-18-10-11-19-32(31)29-21-23-35-34(24-29)33-22-20-30(25-36(33)43-35)39-41-37(27-14-6-2-7-15-27)40-38(42-39)28-16-8-3-9-17-28/h1-25,37H,(H,40,41,42). The molecule has 0 spiro atoms. The van der Waals surface area contributed by atoms with E-state index in [1.165, 1.54) is 16.7 Å². The molecule has 7 aromatic rings. The molecule has 8 rings (SSSR count). The predicted molar refractivity (Wildman–Crippen MR) is 176 cm³/mol. The van der Waals surface area contributed by atoms with E-state index in [0.717, 1.165) is 50.0 Å². The Labute approximate surface area is 249 Å². The zero-order valence-corrected chi connectivity index (χ0v) is 23.3. The molecule has 6 aromatic carbocycles. The largest absolute Gasteiger partial charge is 0.456 e. The van der Waals surface area contributed by atoms with E-state index in [4.69, 9.17) is 14.4 Å². The van der Waals surface area contributed by atoms with Crippen molar-refractivity contribution in [1.29, 1.82) is 0 Å². The Hall–Kier alpha value is -5.74. The number of rotatable bonds is 5. The Kier molecular flexibility index (Phi) is 6.16. The molecule has 1 atom stereocenters. The summed E-state index contributed by atoms with van der Waals surface area (Å²) in [4.78, 5) is 9.92. The average Bonchev–Trinajstić information content (AvgIpc) is 3.46. The van der Waals surface area contributed by atoms with Gasteiger partial charge in [0.15, 0.2) is 5.84 Å². The third-order valence-electron chi connectivity index (χ3n) is 7.96. The monoisotopic (exact) mass is 553 g/mol. The van der Waals surface area contributed by atoms with Gasteiger partial charge in [0.2, 0.25) is 0 Å².